The zero-order valence-corrected chi connectivity index (χ0v) is 14.3. The van der Waals surface area contributed by atoms with Crippen molar-refractivity contribution in [2.45, 2.75) is 13.8 Å². The number of carbonyl (C=O) groups excluding carboxylic acids is 1. The largest absolute Gasteiger partial charge is 0.496 e. The number of amides is 1. The molecule has 5 heteroatoms. The number of ether oxygens (including phenoxy) is 1. The Labute approximate surface area is 137 Å². The van der Waals surface area contributed by atoms with Gasteiger partial charge in [-0.15, -0.1) is 0 Å². The molecule has 0 unspecified atom stereocenters. The lowest BCUT2D eigenvalue weighted by molar-refractivity contribution is 0.102. The molecule has 0 spiro atoms. The van der Waals surface area contributed by atoms with Crippen molar-refractivity contribution in [2.24, 2.45) is 0 Å². The number of hydrogen-bond acceptors (Lipinski definition) is 2. The van der Waals surface area contributed by atoms with Gasteiger partial charge < -0.3 is 10.1 Å². The van der Waals surface area contributed by atoms with Crippen molar-refractivity contribution in [1.29, 1.82) is 0 Å². The number of aryl methyl sites for hydroxylation is 2. The SMILES string of the molecule is COc1cc(Cl)ccc1C(=O)Nc1c(C)cc(C)cc1Br. The van der Waals surface area contributed by atoms with E-state index in [1.807, 2.05) is 26.0 Å². The molecule has 0 radical (unpaired) electrons. The Hall–Kier alpha value is -1.52. The minimum Gasteiger partial charge on any atom is -0.496 e. The number of rotatable bonds is 3. The summed E-state index contributed by atoms with van der Waals surface area (Å²) >= 11 is 9.39. The molecule has 0 aliphatic heterocycles. The molecule has 0 saturated heterocycles. The highest BCUT2D eigenvalue weighted by molar-refractivity contribution is 9.10. The van der Waals surface area contributed by atoms with E-state index in [1.165, 1.54) is 7.11 Å². The summed E-state index contributed by atoms with van der Waals surface area (Å²) < 4.78 is 6.06. The summed E-state index contributed by atoms with van der Waals surface area (Å²) in [6.45, 7) is 3.96. The second-order valence-electron chi connectivity index (χ2n) is 4.74. The Morgan fingerprint density at radius 3 is 2.57 bits per heavy atom. The Morgan fingerprint density at radius 1 is 1.24 bits per heavy atom. The van der Waals surface area contributed by atoms with Gasteiger partial charge in [0.25, 0.3) is 5.91 Å². The summed E-state index contributed by atoms with van der Waals surface area (Å²) in [4.78, 5) is 12.4. The Kier molecular flexibility index (Phi) is 4.91. The maximum absolute atomic E-state index is 12.4. The van der Waals surface area contributed by atoms with Crippen LogP contribution in [0.5, 0.6) is 5.75 Å². The second kappa shape index (κ2) is 6.50. The molecule has 1 N–H and O–H groups in total. The predicted molar refractivity (Wildman–Crippen MR) is 89.6 cm³/mol. The minimum absolute atomic E-state index is 0.240. The molecule has 0 bridgehead atoms. The van der Waals surface area contributed by atoms with Crippen molar-refractivity contribution in [3.05, 3.63) is 56.5 Å². The average Bonchev–Trinajstić information content (AvgIpc) is 2.42. The maximum atomic E-state index is 12.4. The fraction of sp³-hybridized carbons (Fsp3) is 0.188. The maximum Gasteiger partial charge on any atom is 0.259 e. The molecule has 0 aliphatic carbocycles. The smallest absolute Gasteiger partial charge is 0.259 e. The monoisotopic (exact) mass is 367 g/mol. The van der Waals surface area contributed by atoms with E-state index in [9.17, 15) is 4.79 Å². The number of nitrogens with one attached hydrogen (secondary N) is 1. The molecule has 0 heterocycles. The van der Waals surface area contributed by atoms with Gasteiger partial charge in [0.2, 0.25) is 0 Å². The number of methoxy groups -OCH3 is 1. The van der Waals surface area contributed by atoms with Gasteiger partial charge in [0, 0.05) is 9.50 Å². The molecule has 110 valence electrons. The Bertz CT molecular complexity index is 678. The van der Waals surface area contributed by atoms with Crippen LogP contribution < -0.4 is 10.1 Å². The standard InChI is InChI=1S/C16H15BrClNO2/c1-9-6-10(2)15(13(17)7-9)19-16(20)12-5-4-11(18)8-14(12)21-3/h4-8H,1-3H3,(H,19,20). The molecule has 2 rings (SSSR count). The third-order valence-electron chi connectivity index (χ3n) is 3.08. The second-order valence-corrected chi connectivity index (χ2v) is 6.03. The van der Waals surface area contributed by atoms with Crippen LogP contribution in [0.1, 0.15) is 21.5 Å². The number of anilines is 1. The van der Waals surface area contributed by atoms with Crippen LogP contribution in [0.4, 0.5) is 5.69 Å². The van der Waals surface area contributed by atoms with Crippen LogP contribution in [-0.4, -0.2) is 13.0 Å². The van der Waals surface area contributed by atoms with Gasteiger partial charge in [-0.2, -0.15) is 0 Å². The van der Waals surface area contributed by atoms with E-state index in [2.05, 4.69) is 21.2 Å². The van der Waals surface area contributed by atoms with Crippen molar-refractivity contribution in [2.75, 3.05) is 12.4 Å². The van der Waals surface area contributed by atoms with Gasteiger partial charge in [-0.1, -0.05) is 17.7 Å². The van der Waals surface area contributed by atoms with Crippen LogP contribution in [0.25, 0.3) is 0 Å². The van der Waals surface area contributed by atoms with Gasteiger partial charge in [-0.05, 0) is 65.2 Å². The van der Waals surface area contributed by atoms with Crippen LogP contribution in [0.15, 0.2) is 34.8 Å². The molecule has 1 amide bonds. The van der Waals surface area contributed by atoms with Gasteiger partial charge in [-0.3, -0.25) is 4.79 Å². The lowest BCUT2D eigenvalue weighted by Gasteiger charge is -2.13. The molecular formula is C16H15BrClNO2. The first-order valence-corrected chi connectivity index (χ1v) is 7.51. The lowest BCUT2D eigenvalue weighted by Crippen LogP contribution is -2.14. The minimum atomic E-state index is -0.240. The van der Waals surface area contributed by atoms with Gasteiger partial charge in [-0.25, -0.2) is 0 Å². The summed E-state index contributed by atoms with van der Waals surface area (Å²) in [5.41, 5.74) is 3.31. The number of hydrogen-bond donors (Lipinski definition) is 1. The van der Waals surface area contributed by atoms with Crippen molar-refractivity contribution in [1.82, 2.24) is 0 Å². The Morgan fingerprint density at radius 2 is 1.95 bits per heavy atom. The van der Waals surface area contributed by atoms with E-state index in [0.29, 0.717) is 16.3 Å². The van der Waals surface area contributed by atoms with Crippen molar-refractivity contribution in [3.8, 4) is 5.75 Å². The number of halogens is 2. The van der Waals surface area contributed by atoms with E-state index < -0.39 is 0 Å². The van der Waals surface area contributed by atoms with Gasteiger partial charge in [0.15, 0.2) is 0 Å². The highest BCUT2D eigenvalue weighted by atomic mass is 79.9. The Balaban J connectivity index is 2.35. The molecule has 0 aliphatic rings. The first-order valence-electron chi connectivity index (χ1n) is 6.34. The average molecular weight is 369 g/mol. The molecule has 2 aromatic carbocycles. The predicted octanol–water partition coefficient (Wildman–Crippen LogP) is 4.98. The summed E-state index contributed by atoms with van der Waals surface area (Å²) in [5, 5.41) is 3.43. The highest BCUT2D eigenvalue weighted by Crippen LogP contribution is 2.30. The topological polar surface area (TPSA) is 38.3 Å². The van der Waals surface area contributed by atoms with Crippen LogP contribution in [0, 0.1) is 13.8 Å². The lowest BCUT2D eigenvalue weighted by atomic mass is 10.1. The van der Waals surface area contributed by atoms with Crippen LogP contribution in [0.3, 0.4) is 0 Å². The highest BCUT2D eigenvalue weighted by Gasteiger charge is 2.15. The molecule has 0 atom stereocenters. The fourth-order valence-corrected chi connectivity index (χ4v) is 3.04. The summed E-state index contributed by atoms with van der Waals surface area (Å²) in [6, 6.07) is 8.90. The van der Waals surface area contributed by atoms with Crippen molar-refractivity contribution < 1.29 is 9.53 Å². The zero-order valence-electron chi connectivity index (χ0n) is 12.0. The molecule has 2 aromatic rings. The van der Waals surface area contributed by atoms with E-state index in [4.69, 9.17) is 16.3 Å². The first kappa shape index (κ1) is 15.9. The summed E-state index contributed by atoms with van der Waals surface area (Å²) in [7, 11) is 1.51. The van der Waals surface area contributed by atoms with Crippen molar-refractivity contribution in [3.63, 3.8) is 0 Å². The first-order chi connectivity index (χ1) is 9.92. The molecular weight excluding hydrogens is 354 g/mol. The van der Waals surface area contributed by atoms with E-state index >= 15 is 0 Å². The molecule has 0 aromatic heterocycles. The van der Waals surface area contributed by atoms with Gasteiger partial charge >= 0.3 is 0 Å². The quantitative estimate of drug-likeness (QED) is 0.829. The molecule has 21 heavy (non-hydrogen) atoms. The van der Waals surface area contributed by atoms with Gasteiger partial charge in [0.1, 0.15) is 5.75 Å². The molecule has 0 saturated carbocycles. The van der Waals surface area contributed by atoms with Crippen LogP contribution >= 0.6 is 27.5 Å². The normalized spacial score (nSPS) is 10.3. The van der Waals surface area contributed by atoms with Gasteiger partial charge in [0.05, 0.1) is 18.4 Å². The summed E-state index contributed by atoms with van der Waals surface area (Å²) in [6.07, 6.45) is 0. The number of carbonyl (C=O) groups is 1. The fourth-order valence-electron chi connectivity index (χ4n) is 2.11. The van der Waals surface area contributed by atoms with Crippen molar-refractivity contribution >= 4 is 39.1 Å². The van der Waals surface area contributed by atoms with Crippen LogP contribution in [-0.2, 0) is 0 Å². The molecule has 0 fully saturated rings. The third kappa shape index (κ3) is 3.57. The van der Waals surface area contributed by atoms with E-state index in [1.54, 1.807) is 18.2 Å². The summed E-state index contributed by atoms with van der Waals surface area (Å²) in [5.74, 6) is 0.206. The van der Waals surface area contributed by atoms with E-state index in [0.717, 1.165) is 21.3 Å². The number of benzene rings is 2. The zero-order chi connectivity index (χ0) is 15.6. The van der Waals surface area contributed by atoms with E-state index in [-0.39, 0.29) is 5.91 Å². The third-order valence-corrected chi connectivity index (χ3v) is 3.94. The molecule has 3 nitrogen and oxygen atoms in total. The van der Waals surface area contributed by atoms with Crippen LogP contribution in [0.2, 0.25) is 5.02 Å².